The molecule has 8 nitrogen and oxygen atoms in total. The van der Waals surface area contributed by atoms with E-state index in [1.165, 1.54) is 0 Å². The van der Waals surface area contributed by atoms with Crippen molar-refractivity contribution in [3.63, 3.8) is 0 Å². The quantitative estimate of drug-likeness (QED) is 0.205. The summed E-state index contributed by atoms with van der Waals surface area (Å²) in [6.07, 6.45) is 4.83. The van der Waals surface area contributed by atoms with Gasteiger partial charge in [0.05, 0.1) is 31.4 Å². The fourth-order valence-corrected chi connectivity index (χ4v) is 6.64. The topological polar surface area (TPSA) is 75.7 Å². The minimum Gasteiger partial charge on any atom is -0.492 e. The molecule has 0 N–H and O–H groups in total. The average molecular weight is 662 g/mol. The average Bonchev–Trinajstić information content (AvgIpc) is 3.12. The predicted molar refractivity (Wildman–Crippen MR) is 181 cm³/mol. The Morgan fingerprint density at radius 3 is 2.00 bits per heavy atom. The van der Waals surface area contributed by atoms with Crippen molar-refractivity contribution in [2.75, 3.05) is 46.1 Å². The van der Waals surface area contributed by atoms with Crippen LogP contribution >= 0.6 is 0 Å². The van der Waals surface area contributed by atoms with Crippen molar-refractivity contribution in [2.24, 2.45) is 5.92 Å². The zero-order chi connectivity index (χ0) is 33.3. The van der Waals surface area contributed by atoms with E-state index < -0.39 is 12.0 Å². The Bertz CT molecular complexity index is 1450. The summed E-state index contributed by atoms with van der Waals surface area (Å²) in [5.41, 5.74) is 2.23. The summed E-state index contributed by atoms with van der Waals surface area (Å²) >= 11 is 0. The van der Waals surface area contributed by atoms with Gasteiger partial charge in [0, 0.05) is 44.5 Å². The van der Waals surface area contributed by atoms with Gasteiger partial charge in [-0.25, -0.2) is 0 Å². The number of nitrogens with zero attached hydrogens (tertiary/aromatic N) is 1. The number of halogens is 1. The number of ketones is 1. The predicted octanol–water partition coefficient (Wildman–Crippen LogP) is 7.90. The molecule has 48 heavy (non-hydrogen) atoms. The zero-order valence-electron chi connectivity index (χ0n) is 28.1. The largest absolute Gasteiger partial charge is 0.492 e. The van der Waals surface area contributed by atoms with Gasteiger partial charge in [0.1, 0.15) is 35.7 Å². The van der Waals surface area contributed by atoms with E-state index in [2.05, 4.69) is 4.90 Å². The SMILES string of the molecule is CC.O=C1c2ccc(OC3CCCCO3)cc2OC(c2ccc(OCCN3CC(CF)C3)cc2)C1c1ccc(OC2CCCCO2)cc1. The van der Waals surface area contributed by atoms with Gasteiger partial charge in [-0.1, -0.05) is 38.1 Å². The maximum Gasteiger partial charge on any atom is 0.199 e. The number of rotatable bonds is 11. The number of hydrogen-bond acceptors (Lipinski definition) is 8. The normalized spacial score (nSPS) is 24.3. The van der Waals surface area contributed by atoms with E-state index in [1.807, 2.05) is 68.4 Å². The van der Waals surface area contributed by atoms with E-state index >= 15 is 0 Å². The molecular weight excluding hydrogens is 613 g/mol. The molecule has 0 bridgehead atoms. The number of alkyl halides is 1. The highest BCUT2D eigenvalue weighted by molar-refractivity contribution is 6.05. The molecule has 0 aromatic heterocycles. The number of hydrogen-bond donors (Lipinski definition) is 0. The Hall–Kier alpha value is -3.66. The standard InChI is InChI=1S/C37H42FNO7.C2H6/c38-22-25-23-39(24-25)17-20-41-28-11-9-27(10-12-28)37-35(26-7-13-29(14-8-26)44-33-5-1-3-18-42-33)36(40)31-16-15-30(21-32(31)46-37)45-34-6-2-4-19-43-34;1-2/h7-16,21,25,33-35,37H,1-6,17-20,22-24H2;1-2H3. The third-order valence-corrected chi connectivity index (χ3v) is 9.24. The smallest absolute Gasteiger partial charge is 0.199 e. The molecule has 3 fully saturated rings. The summed E-state index contributed by atoms with van der Waals surface area (Å²) in [4.78, 5) is 16.4. The van der Waals surface area contributed by atoms with Gasteiger partial charge in [0.25, 0.3) is 0 Å². The molecule has 4 heterocycles. The Kier molecular flexibility index (Phi) is 11.9. The van der Waals surface area contributed by atoms with Gasteiger partial charge >= 0.3 is 0 Å². The molecule has 3 aromatic carbocycles. The Morgan fingerprint density at radius 1 is 0.771 bits per heavy atom. The molecule has 3 aromatic rings. The van der Waals surface area contributed by atoms with Gasteiger partial charge in [-0.15, -0.1) is 0 Å². The molecule has 4 unspecified atom stereocenters. The molecule has 0 saturated carbocycles. The molecule has 0 aliphatic carbocycles. The first kappa shape index (κ1) is 34.2. The van der Waals surface area contributed by atoms with Crippen LogP contribution in [0.15, 0.2) is 66.7 Å². The van der Waals surface area contributed by atoms with Gasteiger partial charge in [-0.05, 0) is 73.2 Å². The highest BCUT2D eigenvalue weighted by atomic mass is 19.1. The van der Waals surface area contributed by atoms with Crippen LogP contribution in [0.4, 0.5) is 4.39 Å². The van der Waals surface area contributed by atoms with Gasteiger partial charge in [0.2, 0.25) is 0 Å². The van der Waals surface area contributed by atoms with Crippen molar-refractivity contribution in [1.29, 1.82) is 0 Å². The van der Waals surface area contributed by atoms with Crippen molar-refractivity contribution >= 4 is 5.78 Å². The number of Topliss-reactive ketones (excluding diaryl/α,β-unsaturated/α-hetero) is 1. The van der Waals surface area contributed by atoms with E-state index in [0.717, 1.165) is 75.0 Å². The van der Waals surface area contributed by atoms with E-state index in [9.17, 15) is 9.18 Å². The molecule has 7 rings (SSSR count). The molecule has 0 amide bonds. The summed E-state index contributed by atoms with van der Waals surface area (Å²) in [5.74, 6) is 2.14. The molecule has 258 valence electrons. The van der Waals surface area contributed by atoms with Gasteiger partial charge in [-0.3, -0.25) is 14.1 Å². The molecule has 3 saturated heterocycles. The lowest BCUT2D eigenvalue weighted by Crippen LogP contribution is -2.49. The monoisotopic (exact) mass is 661 g/mol. The van der Waals surface area contributed by atoms with Crippen LogP contribution < -0.4 is 18.9 Å². The van der Waals surface area contributed by atoms with Crippen molar-refractivity contribution in [2.45, 2.75) is 77.0 Å². The summed E-state index contributed by atoms with van der Waals surface area (Å²) in [6, 6.07) is 20.9. The molecule has 9 heteroatoms. The molecule has 0 spiro atoms. The van der Waals surface area contributed by atoms with Crippen molar-refractivity contribution in [3.8, 4) is 23.0 Å². The number of fused-ring (bicyclic) bond motifs is 1. The Morgan fingerprint density at radius 2 is 1.38 bits per heavy atom. The van der Waals surface area contributed by atoms with E-state index in [0.29, 0.717) is 42.6 Å². The number of ether oxygens (including phenoxy) is 6. The van der Waals surface area contributed by atoms with Crippen LogP contribution in [0, 0.1) is 5.92 Å². The third-order valence-electron chi connectivity index (χ3n) is 9.24. The Balaban J connectivity index is 0.00000197. The van der Waals surface area contributed by atoms with E-state index in [4.69, 9.17) is 28.4 Å². The number of carbonyl (C=O) groups excluding carboxylic acids is 1. The maximum absolute atomic E-state index is 14.2. The van der Waals surface area contributed by atoms with Crippen LogP contribution in [-0.4, -0.2) is 69.4 Å². The van der Waals surface area contributed by atoms with Crippen LogP contribution in [-0.2, 0) is 9.47 Å². The molecular formula is C39H48FNO7. The van der Waals surface area contributed by atoms with Crippen LogP contribution in [0.1, 0.15) is 85.9 Å². The molecule has 4 atom stereocenters. The molecule has 4 aliphatic rings. The summed E-state index contributed by atoms with van der Waals surface area (Å²) in [5, 5.41) is 0. The number of carbonyl (C=O) groups is 1. The van der Waals surface area contributed by atoms with Crippen molar-refractivity contribution in [3.05, 3.63) is 83.4 Å². The second-order valence-electron chi connectivity index (χ2n) is 12.6. The Labute approximate surface area is 283 Å². The van der Waals surface area contributed by atoms with Crippen LogP contribution in [0.3, 0.4) is 0 Å². The van der Waals surface area contributed by atoms with Gasteiger partial charge < -0.3 is 28.4 Å². The van der Waals surface area contributed by atoms with Crippen LogP contribution in [0.5, 0.6) is 23.0 Å². The molecule has 0 radical (unpaired) electrons. The van der Waals surface area contributed by atoms with Gasteiger partial charge in [0.15, 0.2) is 18.4 Å². The summed E-state index contributed by atoms with van der Waals surface area (Å²) in [7, 11) is 0. The highest BCUT2D eigenvalue weighted by Gasteiger charge is 2.40. The van der Waals surface area contributed by atoms with Crippen molar-refractivity contribution in [1.82, 2.24) is 4.90 Å². The number of likely N-dealkylation sites (tertiary alicyclic amines) is 1. The highest BCUT2D eigenvalue weighted by Crippen LogP contribution is 2.45. The van der Waals surface area contributed by atoms with E-state index in [1.54, 1.807) is 12.1 Å². The van der Waals surface area contributed by atoms with E-state index in [-0.39, 0.29) is 31.0 Å². The fraction of sp³-hybridized carbons (Fsp3) is 0.513. The maximum atomic E-state index is 14.2. The van der Waals surface area contributed by atoms with Crippen LogP contribution in [0.2, 0.25) is 0 Å². The first-order valence-electron chi connectivity index (χ1n) is 17.7. The zero-order valence-corrected chi connectivity index (χ0v) is 28.1. The molecule has 4 aliphatic heterocycles. The summed E-state index contributed by atoms with van der Waals surface area (Å²) < 4.78 is 49.0. The lowest BCUT2D eigenvalue weighted by atomic mass is 9.81. The second-order valence-corrected chi connectivity index (χ2v) is 12.6. The van der Waals surface area contributed by atoms with Crippen molar-refractivity contribution < 1.29 is 37.6 Å². The fourth-order valence-electron chi connectivity index (χ4n) is 6.64. The first-order chi connectivity index (χ1) is 23.6. The van der Waals surface area contributed by atoms with Crippen LogP contribution in [0.25, 0.3) is 0 Å². The first-order valence-corrected chi connectivity index (χ1v) is 17.7. The lowest BCUT2D eigenvalue weighted by molar-refractivity contribution is -0.106. The lowest BCUT2D eigenvalue weighted by Gasteiger charge is -2.37. The second kappa shape index (κ2) is 16.6. The minimum atomic E-state index is -0.567. The summed E-state index contributed by atoms with van der Waals surface area (Å²) in [6.45, 7) is 8.01. The third kappa shape index (κ3) is 8.31. The number of benzene rings is 3. The minimum absolute atomic E-state index is 0.0162. The van der Waals surface area contributed by atoms with Gasteiger partial charge in [-0.2, -0.15) is 0 Å².